The maximum atomic E-state index is 12.3. The zero-order valence-corrected chi connectivity index (χ0v) is 14.3. The highest BCUT2D eigenvalue weighted by molar-refractivity contribution is 6.04. The molecule has 0 aliphatic carbocycles. The number of carbonyl (C=O) groups is 1. The zero-order chi connectivity index (χ0) is 17.1. The molecule has 1 amide bonds. The summed E-state index contributed by atoms with van der Waals surface area (Å²) in [6, 6.07) is 3.47. The number of hydrogen-bond donors (Lipinski definition) is 1. The van der Waals surface area contributed by atoms with Crippen LogP contribution in [0.25, 0.3) is 0 Å². The average Bonchev–Trinajstić information content (AvgIpc) is 2.59. The van der Waals surface area contributed by atoms with Crippen LogP contribution in [-0.4, -0.2) is 59.0 Å². The molecular weight excluding hydrogens is 304 g/mol. The zero-order valence-electron chi connectivity index (χ0n) is 14.3. The van der Waals surface area contributed by atoms with Crippen LogP contribution in [0.1, 0.15) is 21.7 Å². The number of nitrogens with zero attached hydrogens (tertiary/aromatic N) is 5. The first-order chi connectivity index (χ1) is 11.5. The van der Waals surface area contributed by atoms with Crippen LogP contribution >= 0.6 is 0 Å². The van der Waals surface area contributed by atoms with Gasteiger partial charge in [-0.25, -0.2) is 9.97 Å². The van der Waals surface area contributed by atoms with Gasteiger partial charge in [0.1, 0.15) is 0 Å². The maximum absolute atomic E-state index is 12.3. The summed E-state index contributed by atoms with van der Waals surface area (Å²) in [6.45, 7) is 7.62. The van der Waals surface area contributed by atoms with E-state index in [0.29, 0.717) is 11.3 Å². The second-order valence-corrected chi connectivity index (χ2v) is 6.06. The molecule has 3 rings (SSSR count). The van der Waals surface area contributed by atoms with Crippen molar-refractivity contribution in [1.29, 1.82) is 0 Å². The molecule has 7 nitrogen and oxygen atoms in total. The lowest BCUT2D eigenvalue weighted by Crippen LogP contribution is -2.45. The van der Waals surface area contributed by atoms with Crippen LogP contribution in [0.15, 0.2) is 24.5 Å². The van der Waals surface area contributed by atoms with Crippen LogP contribution in [0.2, 0.25) is 0 Å². The lowest BCUT2D eigenvalue weighted by Gasteiger charge is -2.32. The number of aromatic nitrogens is 3. The minimum Gasteiger partial charge on any atom is -0.338 e. The Morgan fingerprint density at radius 2 is 1.79 bits per heavy atom. The molecule has 2 aromatic heterocycles. The molecule has 0 aromatic carbocycles. The van der Waals surface area contributed by atoms with Crippen LogP contribution in [0.5, 0.6) is 0 Å². The number of nitrogens with one attached hydrogen (secondary N) is 1. The van der Waals surface area contributed by atoms with Crippen molar-refractivity contribution in [1.82, 2.24) is 19.9 Å². The van der Waals surface area contributed by atoms with Crippen LogP contribution in [-0.2, 0) is 0 Å². The van der Waals surface area contributed by atoms with E-state index in [1.165, 1.54) is 0 Å². The molecule has 1 fully saturated rings. The predicted molar refractivity (Wildman–Crippen MR) is 93.4 cm³/mol. The quantitative estimate of drug-likeness (QED) is 0.921. The topological polar surface area (TPSA) is 74.2 Å². The minimum absolute atomic E-state index is 0.203. The Morgan fingerprint density at radius 1 is 1.12 bits per heavy atom. The molecule has 24 heavy (non-hydrogen) atoms. The number of likely N-dealkylation sites (N-methyl/N-ethyl adjacent to an activating group) is 1. The maximum Gasteiger partial charge on any atom is 0.257 e. The first-order valence-corrected chi connectivity index (χ1v) is 8.04. The van der Waals surface area contributed by atoms with E-state index >= 15 is 0 Å². The number of rotatable bonds is 3. The highest BCUT2D eigenvalue weighted by atomic mass is 16.1. The molecule has 1 aliphatic heterocycles. The van der Waals surface area contributed by atoms with Gasteiger partial charge in [0.15, 0.2) is 0 Å². The lowest BCUT2D eigenvalue weighted by atomic mass is 10.2. The molecule has 0 bridgehead atoms. The van der Waals surface area contributed by atoms with Gasteiger partial charge in [0, 0.05) is 38.6 Å². The third-order valence-corrected chi connectivity index (χ3v) is 4.21. The molecule has 1 N–H and O–H groups in total. The van der Waals surface area contributed by atoms with E-state index in [-0.39, 0.29) is 5.91 Å². The molecule has 0 spiro atoms. The SMILES string of the molecule is Cc1nc(N2CCN(C)CC2)nc(C)c1NC(=O)c1cccnc1. The van der Waals surface area contributed by atoms with Gasteiger partial charge in [0.25, 0.3) is 5.91 Å². The summed E-state index contributed by atoms with van der Waals surface area (Å²) in [4.78, 5) is 30.0. The van der Waals surface area contributed by atoms with E-state index in [9.17, 15) is 4.79 Å². The summed E-state index contributed by atoms with van der Waals surface area (Å²) < 4.78 is 0. The van der Waals surface area contributed by atoms with Gasteiger partial charge in [0.2, 0.25) is 5.95 Å². The van der Waals surface area contributed by atoms with Crippen LogP contribution in [0.3, 0.4) is 0 Å². The summed E-state index contributed by atoms with van der Waals surface area (Å²) in [5.74, 6) is 0.530. The van der Waals surface area contributed by atoms with Gasteiger partial charge in [-0.15, -0.1) is 0 Å². The number of pyridine rings is 1. The second kappa shape index (κ2) is 6.92. The molecule has 1 aliphatic rings. The molecule has 0 atom stereocenters. The van der Waals surface area contributed by atoms with Crippen molar-refractivity contribution in [3.63, 3.8) is 0 Å². The number of piperazine rings is 1. The fourth-order valence-corrected chi connectivity index (χ4v) is 2.71. The molecule has 2 aromatic rings. The molecule has 7 heteroatoms. The van der Waals surface area contributed by atoms with Crippen LogP contribution < -0.4 is 10.2 Å². The van der Waals surface area contributed by atoms with Crippen LogP contribution in [0.4, 0.5) is 11.6 Å². The van der Waals surface area contributed by atoms with Gasteiger partial charge in [-0.1, -0.05) is 0 Å². The van der Waals surface area contributed by atoms with Gasteiger partial charge in [0.05, 0.1) is 22.6 Å². The molecule has 126 valence electrons. The molecule has 0 radical (unpaired) electrons. The minimum atomic E-state index is -0.203. The van der Waals surface area contributed by atoms with Crippen LogP contribution in [0, 0.1) is 13.8 Å². The van der Waals surface area contributed by atoms with Gasteiger partial charge in [-0.3, -0.25) is 9.78 Å². The number of carbonyl (C=O) groups excluding carboxylic acids is 1. The lowest BCUT2D eigenvalue weighted by molar-refractivity contribution is 0.102. The Balaban J connectivity index is 1.79. The normalized spacial score (nSPS) is 15.4. The van der Waals surface area contributed by atoms with Crippen molar-refractivity contribution in [3.05, 3.63) is 41.5 Å². The van der Waals surface area contributed by atoms with Crippen molar-refractivity contribution in [2.75, 3.05) is 43.4 Å². The smallest absolute Gasteiger partial charge is 0.257 e. The van der Waals surface area contributed by atoms with E-state index in [1.54, 1.807) is 24.5 Å². The number of amides is 1. The predicted octanol–water partition coefficient (Wildman–Crippen LogP) is 1.49. The molecule has 0 saturated carbocycles. The van der Waals surface area contributed by atoms with E-state index < -0.39 is 0 Å². The van der Waals surface area contributed by atoms with Crippen molar-refractivity contribution in [2.24, 2.45) is 0 Å². The molecule has 0 unspecified atom stereocenters. The number of anilines is 2. The largest absolute Gasteiger partial charge is 0.338 e. The Morgan fingerprint density at radius 3 is 2.38 bits per heavy atom. The van der Waals surface area contributed by atoms with E-state index in [0.717, 1.165) is 43.5 Å². The van der Waals surface area contributed by atoms with E-state index in [2.05, 4.69) is 37.1 Å². The van der Waals surface area contributed by atoms with Crippen molar-refractivity contribution >= 4 is 17.5 Å². The second-order valence-electron chi connectivity index (χ2n) is 6.06. The fourth-order valence-electron chi connectivity index (χ4n) is 2.71. The summed E-state index contributed by atoms with van der Waals surface area (Å²) >= 11 is 0. The first-order valence-electron chi connectivity index (χ1n) is 8.04. The summed E-state index contributed by atoms with van der Waals surface area (Å²) in [7, 11) is 2.12. The highest BCUT2D eigenvalue weighted by Gasteiger charge is 2.19. The molecular formula is C17H22N6O. The van der Waals surface area contributed by atoms with Gasteiger partial charge < -0.3 is 15.1 Å². The van der Waals surface area contributed by atoms with Gasteiger partial charge in [-0.05, 0) is 33.0 Å². The van der Waals surface area contributed by atoms with Crippen molar-refractivity contribution in [3.8, 4) is 0 Å². The number of hydrogen-bond acceptors (Lipinski definition) is 6. The van der Waals surface area contributed by atoms with Gasteiger partial charge >= 0.3 is 0 Å². The summed E-state index contributed by atoms with van der Waals surface area (Å²) in [5, 5.41) is 2.90. The Hall–Kier alpha value is -2.54. The molecule has 3 heterocycles. The van der Waals surface area contributed by atoms with Gasteiger partial charge in [-0.2, -0.15) is 0 Å². The standard InChI is InChI=1S/C17H22N6O/c1-12-15(21-16(24)14-5-4-6-18-11-14)13(2)20-17(19-12)23-9-7-22(3)8-10-23/h4-6,11H,7-10H2,1-3H3,(H,21,24). The Kier molecular flexibility index (Phi) is 4.71. The number of aryl methyl sites for hydroxylation is 2. The third kappa shape index (κ3) is 3.51. The fraction of sp³-hybridized carbons (Fsp3) is 0.412. The molecule has 1 saturated heterocycles. The Labute approximate surface area is 141 Å². The monoisotopic (exact) mass is 326 g/mol. The highest BCUT2D eigenvalue weighted by Crippen LogP contribution is 2.21. The van der Waals surface area contributed by atoms with E-state index in [1.807, 2.05) is 13.8 Å². The first kappa shape index (κ1) is 16.3. The van der Waals surface area contributed by atoms with Crippen molar-refractivity contribution < 1.29 is 4.79 Å². The third-order valence-electron chi connectivity index (χ3n) is 4.21. The Bertz CT molecular complexity index is 702. The summed E-state index contributed by atoms with van der Waals surface area (Å²) in [6.07, 6.45) is 3.18. The summed E-state index contributed by atoms with van der Waals surface area (Å²) in [5.41, 5.74) is 2.73. The van der Waals surface area contributed by atoms with Crippen molar-refractivity contribution in [2.45, 2.75) is 13.8 Å². The van der Waals surface area contributed by atoms with E-state index in [4.69, 9.17) is 0 Å². The average molecular weight is 326 g/mol.